The van der Waals surface area contributed by atoms with E-state index < -0.39 is 0 Å². The minimum atomic E-state index is -0.0299. The Morgan fingerprint density at radius 1 is 0.836 bits per heavy atom. The molecule has 0 spiro atoms. The minimum Gasteiger partial charge on any atom is -0.355 e. The summed E-state index contributed by atoms with van der Waals surface area (Å²) in [6.07, 6.45) is 17.9. The van der Waals surface area contributed by atoms with Crippen molar-refractivity contribution < 1.29 is 0 Å². The Morgan fingerprint density at radius 2 is 1.56 bits per heavy atom. The molecule has 0 aliphatic heterocycles. The highest BCUT2D eigenvalue weighted by molar-refractivity contribution is 8.02. The first kappa shape index (κ1) is 42.2. The lowest BCUT2D eigenvalue weighted by molar-refractivity contribution is 0.287. The Bertz CT molecular complexity index is 2700. The molecule has 8 rings (SSSR count). The van der Waals surface area contributed by atoms with E-state index in [2.05, 4.69) is 218 Å². The van der Waals surface area contributed by atoms with E-state index in [4.69, 9.17) is 0 Å². The zero-order valence-corrected chi connectivity index (χ0v) is 38.5. The third kappa shape index (κ3) is 8.30. The highest BCUT2D eigenvalue weighted by atomic mass is 32.2. The molecule has 0 radical (unpaired) electrons. The number of rotatable bonds is 13. The predicted molar refractivity (Wildman–Crippen MR) is 269 cm³/mol. The lowest BCUT2D eigenvalue weighted by Gasteiger charge is -2.30. The minimum absolute atomic E-state index is 0.0299. The zero-order valence-electron chi connectivity index (χ0n) is 37.7. The summed E-state index contributed by atoms with van der Waals surface area (Å²) >= 11 is 1.79. The SMILES string of the molecule is C=CC1=C(c2ccc(NC(=C/C)/C(SC)=C(\c3ccccc3)c3c(Nc4ccc5c(c4)C(C)(C)C4=C5CC=C4)ccc4ccccc34)cc2)C=C(C(C)(C)CCC(C)(C)C)C1. The normalized spacial score (nSPS) is 16.5. The molecule has 0 saturated carbocycles. The van der Waals surface area contributed by atoms with E-state index in [0.717, 1.165) is 35.6 Å². The summed E-state index contributed by atoms with van der Waals surface area (Å²) < 4.78 is 0. The number of fused-ring (bicyclic) bond motifs is 3. The Morgan fingerprint density at radius 3 is 2.26 bits per heavy atom. The van der Waals surface area contributed by atoms with Crippen LogP contribution in [0.1, 0.15) is 109 Å². The molecule has 5 aromatic carbocycles. The van der Waals surface area contributed by atoms with Gasteiger partial charge in [0.1, 0.15) is 0 Å². The molecular weight excluding hydrogens is 757 g/mol. The van der Waals surface area contributed by atoms with E-state index in [1.54, 1.807) is 11.8 Å². The fourth-order valence-corrected chi connectivity index (χ4v) is 10.3. The van der Waals surface area contributed by atoms with Gasteiger partial charge in [0.15, 0.2) is 0 Å². The van der Waals surface area contributed by atoms with Crippen molar-refractivity contribution in [1.82, 2.24) is 0 Å². The zero-order chi connectivity index (χ0) is 43.1. The van der Waals surface area contributed by atoms with Crippen LogP contribution in [0.3, 0.4) is 0 Å². The van der Waals surface area contributed by atoms with Gasteiger partial charge in [-0.1, -0.05) is 170 Å². The summed E-state index contributed by atoms with van der Waals surface area (Å²) in [7, 11) is 0. The Hall–Kier alpha value is -5.51. The van der Waals surface area contributed by atoms with Gasteiger partial charge in [-0.05, 0) is 135 Å². The van der Waals surface area contributed by atoms with Gasteiger partial charge in [-0.2, -0.15) is 0 Å². The summed E-state index contributed by atoms with van der Waals surface area (Å²) in [5, 5.41) is 10.3. The molecule has 0 aromatic heterocycles. The average molecular weight is 819 g/mol. The number of hydrogen-bond donors (Lipinski definition) is 2. The van der Waals surface area contributed by atoms with Crippen LogP contribution in [0.25, 0.3) is 27.5 Å². The summed E-state index contributed by atoms with van der Waals surface area (Å²) in [6.45, 7) is 22.9. The van der Waals surface area contributed by atoms with Gasteiger partial charge in [0.25, 0.3) is 0 Å². The number of allylic oxidation sites excluding steroid dienone is 10. The smallest absolute Gasteiger partial charge is 0.0485 e. The van der Waals surface area contributed by atoms with Crippen molar-refractivity contribution in [2.75, 3.05) is 16.9 Å². The van der Waals surface area contributed by atoms with Gasteiger partial charge in [0, 0.05) is 44.2 Å². The number of thioether (sulfide) groups is 1. The van der Waals surface area contributed by atoms with Crippen molar-refractivity contribution >= 4 is 56.3 Å². The van der Waals surface area contributed by atoms with E-state index in [9.17, 15) is 0 Å². The van der Waals surface area contributed by atoms with Gasteiger partial charge in [0.2, 0.25) is 0 Å². The molecule has 2 nitrogen and oxygen atoms in total. The molecule has 0 saturated heterocycles. The molecule has 310 valence electrons. The fourth-order valence-electron chi connectivity index (χ4n) is 9.53. The molecule has 5 aromatic rings. The molecule has 3 aliphatic rings. The van der Waals surface area contributed by atoms with Gasteiger partial charge >= 0.3 is 0 Å². The van der Waals surface area contributed by atoms with Crippen LogP contribution < -0.4 is 10.6 Å². The third-order valence-corrected chi connectivity index (χ3v) is 14.1. The van der Waals surface area contributed by atoms with Crippen LogP contribution in [0, 0.1) is 10.8 Å². The van der Waals surface area contributed by atoms with Crippen LogP contribution in [0.15, 0.2) is 173 Å². The summed E-state index contributed by atoms with van der Waals surface area (Å²) in [4.78, 5) is 1.18. The van der Waals surface area contributed by atoms with Gasteiger partial charge in [-0.25, -0.2) is 0 Å². The van der Waals surface area contributed by atoms with E-state index in [0.29, 0.717) is 5.41 Å². The van der Waals surface area contributed by atoms with Gasteiger partial charge < -0.3 is 10.6 Å². The van der Waals surface area contributed by atoms with E-state index in [1.165, 1.54) is 89.8 Å². The standard InChI is InChI=1S/C58H62N2S/c1-11-38-35-42(57(6,7)34-33-56(3,4)5)36-48(38)40-25-28-43(29-26-40)59-51(12-2)55(61-10)53(41-20-14-13-15-21-41)54-45-22-17-16-19-39(45)27-32-52(54)60-44-30-31-47-46-23-18-24-49(46)58(8,9)50(47)37-44/h11-22,24-32,36-37,59-60H,1,23,33-35H2,2-10H3/b51-12+,55-53-. The summed E-state index contributed by atoms with van der Waals surface area (Å²) in [6, 6.07) is 40.2. The average Bonchev–Trinajstić information content (AvgIpc) is 3.98. The van der Waals surface area contributed by atoms with Crippen LogP contribution in [0.4, 0.5) is 17.1 Å². The van der Waals surface area contributed by atoms with Gasteiger partial charge in [-0.3, -0.25) is 0 Å². The van der Waals surface area contributed by atoms with E-state index >= 15 is 0 Å². The molecule has 0 unspecified atom stereocenters. The summed E-state index contributed by atoms with van der Waals surface area (Å²) in [5.41, 5.74) is 19.3. The number of hydrogen-bond acceptors (Lipinski definition) is 3. The lowest BCUT2D eigenvalue weighted by Crippen LogP contribution is -2.18. The molecule has 0 atom stereocenters. The number of nitrogens with one attached hydrogen (secondary N) is 2. The highest BCUT2D eigenvalue weighted by Gasteiger charge is 2.38. The second-order valence-electron chi connectivity index (χ2n) is 19.3. The number of benzene rings is 5. The Balaban J connectivity index is 1.17. The number of anilines is 3. The van der Waals surface area contributed by atoms with Gasteiger partial charge in [-0.15, -0.1) is 11.8 Å². The van der Waals surface area contributed by atoms with Crippen molar-refractivity contribution in [2.45, 2.75) is 86.5 Å². The molecule has 0 amide bonds. The Kier molecular flexibility index (Phi) is 11.6. The monoisotopic (exact) mass is 818 g/mol. The summed E-state index contributed by atoms with van der Waals surface area (Å²) in [5.74, 6) is 0. The second-order valence-corrected chi connectivity index (χ2v) is 20.1. The highest BCUT2D eigenvalue weighted by Crippen LogP contribution is 2.52. The molecule has 0 heterocycles. The molecular formula is C58H62N2S. The van der Waals surface area contributed by atoms with Gasteiger partial charge in [0.05, 0.1) is 0 Å². The van der Waals surface area contributed by atoms with E-state index in [-0.39, 0.29) is 10.8 Å². The maximum atomic E-state index is 4.24. The van der Waals surface area contributed by atoms with Crippen LogP contribution in [-0.2, 0) is 5.41 Å². The first-order chi connectivity index (χ1) is 29.2. The molecule has 3 aliphatic carbocycles. The largest absolute Gasteiger partial charge is 0.355 e. The molecule has 0 fully saturated rings. The quantitative estimate of drug-likeness (QED) is 0.116. The predicted octanol–water partition coefficient (Wildman–Crippen LogP) is 16.8. The van der Waals surface area contributed by atoms with E-state index in [1.807, 2.05) is 0 Å². The second kappa shape index (κ2) is 16.7. The maximum absolute atomic E-state index is 4.24. The van der Waals surface area contributed by atoms with Crippen LogP contribution >= 0.6 is 11.8 Å². The van der Waals surface area contributed by atoms with Crippen LogP contribution in [0.5, 0.6) is 0 Å². The topological polar surface area (TPSA) is 24.1 Å². The fraction of sp³-hybridized carbons (Fsp3) is 0.276. The van der Waals surface area contributed by atoms with Crippen molar-refractivity contribution in [3.05, 3.63) is 201 Å². The van der Waals surface area contributed by atoms with Crippen LogP contribution in [0.2, 0.25) is 0 Å². The van der Waals surface area contributed by atoms with Crippen LogP contribution in [-0.4, -0.2) is 6.26 Å². The van der Waals surface area contributed by atoms with Crippen molar-refractivity contribution in [1.29, 1.82) is 0 Å². The molecule has 61 heavy (non-hydrogen) atoms. The first-order valence-electron chi connectivity index (χ1n) is 22.0. The Labute approximate surface area is 370 Å². The van der Waals surface area contributed by atoms with Crippen molar-refractivity contribution in [3.8, 4) is 0 Å². The molecule has 3 heteroatoms. The lowest BCUT2D eigenvalue weighted by atomic mass is 9.75. The van der Waals surface area contributed by atoms with Crippen molar-refractivity contribution in [2.24, 2.45) is 10.8 Å². The molecule has 2 N–H and O–H groups in total. The first-order valence-corrected chi connectivity index (χ1v) is 23.2. The maximum Gasteiger partial charge on any atom is 0.0485 e. The van der Waals surface area contributed by atoms with Crippen molar-refractivity contribution in [3.63, 3.8) is 0 Å². The molecule has 0 bridgehead atoms. The third-order valence-electron chi connectivity index (χ3n) is 13.2.